The molecule has 3 rings (SSSR count). The SMILES string of the molecule is Cc1cc2oc(=O)cc(CSc3ncn[nH]3)c2cc1C. The Morgan fingerprint density at radius 1 is 1.25 bits per heavy atom. The maximum absolute atomic E-state index is 11.7. The molecular weight excluding hydrogens is 274 g/mol. The van der Waals surface area contributed by atoms with Crippen LogP contribution in [0.2, 0.25) is 0 Å². The zero-order chi connectivity index (χ0) is 14.1. The van der Waals surface area contributed by atoms with Crippen LogP contribution in [0, 0.1) is 13.8 Å². The molecule has 1 aromatic carbocycles. The van der Waals surface area contributed by atoms with Crippen LogP contribution < -0.4 is 5.63 Å². The second kappa shape index (κ2) is 5.13. The van der Waals surface area contributed by atoms with Crippen molar-refractivity contribution >= 4 is 22.7 Å². The summed E-state index contributed by atoms with van der Waals surface area (Å²) in [5.74, 6) is 0.639. The first-order chi connectivity index (χ1) is 9.63. The van der Waals surface area contributed by atoms with Gasteiger partial charge in [-0.05, 0) is 42.7 Å². The molecule has 5 nitrogen and oxygen atoms in total. The monoisotopic (exact) mass is 287 g/mol. The molecule has 6 heteroatoms. The second-order valence-corrected chi connectivity index (χ2v) is 5.57. The molecule has 0 amide bonds. The minimum Gasteiger partial charge on any atom is -0.423 e. The van der Waals surface area contributed by atoms with Gasteiger partial charge in [0.15, 0.2) is 5.16 Å². The van der Waals surface area contributed by atoms with Crippen molar-refractivity contribution in [3.05, 3.63) is 51.6 Å². The van der Waals surface area contributed by atoms with Crippen LogP contribution in [-0.2, 0) is 5.75 Å². The second-order valence-electron chi connectivity index (χ2n) is 4.60. The number of aromatic nitrogens is 3. The molecule has 0 radical (unpaired) electrons. The third-order valence-corrected chi connectivity index (χ3v) is 4.13. The summed E-state index contributed by atoms with van der Waals surface area (Å²) in [6.45, 7) is 4.05. The van der Waals surface area contributed by atoms with Crippen LogP contribution >= 0.6 is 11.8 Å². The third kappa shape index (κ3) is 2.46. The van der Waals surface area contributed by atoms with Gasteiger partial charge in [0, 0.05) is 17.2 Å². The summed E-state index contributed by atoms with van der Waals surface area (Å²) in [6, 6.07) is 5.51. The molecule has 0 aliphatic heterocycles. The Balaban J connectivity index is 2.04. The van der Waals surface area contributed by atoms with Crippen LogP contribution in [0.1, 0.15) is 16.7 Å². The van der Waals surface area contributed by atoms with Gasteiger partial charge < -0.3 is 4.42 Å². The average Bonchev–Trinajstić information content (AvgIpc) is 2.91. The van der Waals surface area contributed by atoms with E-state index in [1.807, 2.05) is 19.9 Å². The Hall–Kier alpha value is -2.08. The van der Waals surface area contributed by atoms with E-state index in [0.717, 1.165) is 21.7 Å². The molecule has 0 spiro atoms. The highest BCUT2D eigenvalue weighted by Gasteiger charge is 2.09. The molecule has 0 aliphatic rings. The van der Waals surface area contributed by atoms with Crippen molar-refractivity contribution in [2.75, 3.05) is 0 Å². The molecular formula is C14H13N3O2S. The lowest BCUT2D eigenvalue weighted by atomic mass is 10.0. The van der Waals surface area contributed by atoms with Crippen LogP contribution in [-0.4, -0.2) is 15.2 Å². The highest BCUT2D eigenvalue weighted by molar-refractivity contribution is 7.98. The summed E-state index contributed by atoms with van der Waals surface area (Å²) in [6.07, 6.45) is 1.47. The zero-order valence-corrected chi connectivity index (χ0v) is 12.0. The minimum atomic E-state index is -0.325. The number of H-pyrrole nitrogens is 1. The Labute approximate surface area is 119 Å². The summed E-state index contributed by atoms with van der Waals surface area (Å²) >= 11 is 1.50. The fraction of sp³-hybridized carbons (Fsp3) is 0.214. The summed E-state index contributed by atoms with van der Waals surface area (Å²) in [7, 11) is 0. The van der Waals surface area contributed by atoms with Gasteiger partial charge in [-0.15, -0.1) is 0 Å². The largest absolute Gasteiger partial charge is 0.423 e. The molecule has 102 valence electrons. The van der Waals surface area contributed by atoms with Gasteiger partial charge in [0.25, 0.3) is 0 Å². The van der Waals surface area contributed by atoms with Crippen molar-refractivity contribution in [2.45, 2.75) is 24.8 Å². The topological polar surface area (TPSA) is 71.8 Å². The number of aryl methyl sites for hydroxylation is 2. The van der Waals surface area contributed by atoms with Gasteiger partial charge >= 0.3 is 5.63 Å². The number of rotatable bonds is 3. The molecule has 0 saturated heterocycles. The Morgan fingerprint density at radius 2 is 2.05 bits per heavy atom. The van der Waals surface area contributed by atoms with Crippen LogP contribution in [0.15, 0.2) is 38.9 Å². The Bertz CT molecular complexity index is 809. The van der Waals surface area contributed by atoms with Gasteiger partial charge in [-0.2, -0.15) is 5.10 Å². The first-order valence-corrected chi connectivity index (χ1v) is 7.14. The van der Waals surface area contributed by atoms with E-state index >= 15 is 0 Å². The molecule has 2 aromatic heterocycles. The van der Waals surface area contributed by atoms with E-state index in [0.29, 0.717) is 11.3 Å². The van der Waals surface area contributed by atoms with Gasteiger partial charge in [-0.1, -0.05) is 11.8 Å². The molecule has 3 aromatic rings. The highest BCUT2D eigenvalue weighted by atomic mass is 32.2. The van der Waals surface area contributed by atoms with Crippen LogP contribution in [0.25, 0.3) is 11.0 Å². The number of hydrogen-bond donors (Lipinski definition) is 1. The maximum Gasteiger partial charge on any atom is 0.336 e. The number of thioether (sulfide) groups is 1. The third-order valence-electron chi connectivity index (χ3n) is 3.20. The first-order valence-electron chi connectivity index (χ1n) is 6.15. The molecule has 2 heterocycles. The van der Waals surface area contributed by atoms with Crippen LogP contribution in [0.3, 0.4) is 0 Å². The predicted octanol–water partition coefficient (Wildman–Crippen LogP) is 2.82. The quantitative estimate of drug-likeness (QED) is 0.592. The zero-order valence-electron chi connectivity index (χ0n) is 11.1. The number of aromatic amines is 1. The van der Waals surface area contributed by atoms with E-state index in [1.165, 1.54) is 23.7 Å². The molecule has 0 unspecified atom stereocenters. The molecule has 0 bridgehead atoms. The molecule has 0 atom stereocenters. The van der Waals surface area contributed by atoms with Crippen molar-refractivity contribution in [1.82, 2.24) is 15.2 Å². The molecule has 20 heavy (non-hydrogen) atoms. The van der Waals surface area contributed by atoms with Crippen molar-refractivity contribution in [3.8, 4) is 0 Å². The van der Waals surface area contributed by atoms with Gasteiger partial charge in [-0.3, -0.25) is 5.10 Å². The Morgan fingerprint density at radius 3 is 2.80 bits per heavy atom. The van der Waals surface area contributed by atoms with Crippen LogP contribution in [0.5, 0.6) is 0 Å². The van der Waals surface area contributed by atoms with E-state index in [-0.39, 0.29) is 5.63 Å². The fourth-order valence-corrected chi connectivity index (χ4v) is 2.78. The summed E-state index contributed by atoms with van der Waals surface area (Å²) in [5.41, 5.74) is 3.54. The number of benzene rings is 1. The standard InChI is InChI=1S/C14H13N3O2S/c1-8-3-11-10(6-20-14-15-7-16-17-14)5-13(18)19-12(11)4-9(8)2/h3-5,7H,6H2,1-2H3,(H,15,16,17). The highest BCUT2D eigenvalue weighted by Crippen LogP contribution is 2.26. The molecule has 0 saturated carbocycles. The lowest BCUT2D eigenvalue weighted by molar-refractivity contribution is 0.559. The minimum absolute atomic E-state index is 0.325. The van der Waals surface area contributed by atoms with E-state index < -0.39 is 0 Å². The Kier molecular flexibility index (Phi) is 3.31. The summed E-state index contributed by atoms with van der Waals surface area (Å²) < 4.78 is 5.27. The normalized spacial score (nSPS) is 11.1. The van der Waals surface area contributed by atoms with E-state index in [4.69, 9.17) is 4.42 Å². The van der Waals surface area contributed by atoms with Gasteiger partial charge in [-0.25, -0.2) is 9.78 Å². The number of nitrogens with zero attached hydrogens (tertiary/aromatic N) is 2. The smallest absolute Gasteiger partial charge is 0.336 e. The van der Waals surface area contributed by atoms with Gasteiger partial charge in [0.1, 0.15) is 11.9 Å². The summed E-state index contributed by atoms with van der Waals surface area (Å²) in [4.78, 5) is 15.7. The fourth-order valence-electron chi connectivity index (χ4n) is 2.01. The van der Waals surface area contributed by atoms with E-state index in [9.17, 15) is 4.79 Å². The summed E-state index contributed by atoms with van der Waals surface area (Å²) in [5, 5.41) is 8.30. The van der Waals surface area contributed by atoms with Gasteiger partial charge in [0.2, 0.25) is 0 Å². The molecule has 1 N–H and O–H groups in total. The lowest BCUT2D eigenvalue weighted by Gasteiger charge is -2.07. The first kappa shape index (κ1) is 12.9. The van der Waals surface area contributed by atoms with Gasteiger partial charge in [0.05, 0.1) is 0 Å². The maximum atomic E-state index is 11.7. The number of hydrogen-bond acceptors (Lipinski definition) is 5. The van der Waals surface area contributed by atoms with Crippen molar-refractivity contribution < 1.29 is 4.42 Å². The van der Waals surface area contributed by atoms with Crippen molar-refractivity contribution in [3.63, 3.8) is 0 Å². The number of fused-ring (bicyclic) bond motifs is 1. The average molecular weight is 287 g/mol. The lowest BCUT2D eigenvalue weighted by Crippen LogP contribution is -2.00. The van der Waals surface area contributed by atoms with E-state index in [2.05, 4.69) is 21.2 Å². The molecule has 0 fully saturated rings. The van der Waals surface area contributed by atoms with Crippen molar-refractivity contribution in [1.29, 1.82) is 0 Å². The van der Waals surface area contributed by atoms with E-state index in [1.54, 1.807) is 6.07 Å². The van der Waals surface area contributed by atoms with Crippen LogP contribution in [0.4, 0.5) is 0 Å². The molecule has 0 aliphatic carbocycles. The van der Waals surface area contributed by atoms with Crippen molar-refractivity contribution in [2.24, 2.45) is 0 Å². The predicted molar refractivity (Wildman–Crippen MR) is 77.9 cm³/mol. The number of nitrogens with one attached hydrogen (secondary N) is 1.